The van der Waals surface area contributed by atoms with Crippen molar-refractivity contribution in [2.24, 2.45) is 0 Å². The summed E-state index contributed by atoms with van der Waals surface area (Å²) in [6, 6.07) is 4.09. The van der Waals surface area contributed by atoms with Gasteiger partial charge in [-0.25, -0.2) is 8.78 Å². The molecule has 0 aromatic heterocycles. The molecular weight excluding hydrogens is 220 g/mol. The molecule has 1 aromatic carbocycles. The Morgan fingerprint density at radius 2 is 1.76 bits per heavy atom. The number of rotatable bonds is 3. The Morgan fingerprint density at radius 1 is 1.06 bits per heavy atom. The molecule has 0 amide bonds. The molecule has 0 atom stereocenters. The first-order valence-electron chi connectivity index (χ1n) is 6.43. The summed E-state index contributed by atoms with van der Waals surface area (Å²) in [6.45, 7) is 0.425. The highest BCUT2D eigenvalue weighted by atomic mass is 19.1. The van der Waals surface area contributed by atoms with Crippen LogP contribution < -0.4 is 5.32 Å². The molecule has 1 aromatic rings. The van der Waals surface area contributed by atoms with Gasteiger partial charge >= 0.3 is 0 Å². The van der Waals surface area contributed by atoms with Crippen LogP contribution in [0.25, 0.3) is 0 Å². The Kier molecular flexibility index (Phi) is 4.49. The molecule has 3 heteroatoms. The predicted octanol–water partition coefficient (Wildman–Crippen LogP) is 3.78. The van der Waals surface area contributed by atoms with E-state index < -0.39 is 0 Å². The molecule has 0 radical (unpaired) electrons. The molecule has 0 spiro atoms. The van der Waals surface area contributed by atoms with E-state index in [-0.39, 0.29) is 11.6 Å². The van der Waals surface area contributed by atoms with Gasteiger partial charge in [0.1, 0.15) is 11.6 Å². The number of hydrogen-bond acceptors (Lipinski definition) is 1. The van der Waals surface area contributed by atoms with E-state index in [0.29, 0.717) is 18.2 Å². The minimum absolute atomic E-state index is 0.326. The van der Waals surface area contributed by atoms with Crippen LogP contribution in [0.4, 0.5) is 8.78 Å². The van der Waals surface area contributed by atoms with Crippen LogP contribution >= 0.6 is 0 Å². The average Bonchev–Trinajstić information content (AvgIpc) is 2.59. The molecule has 17 heavy (non-hydrogen) atoms. The van der Waals surface area contributed by atoms with Crippen molar-refractivity contribution < 1.29 is 8.78 Å². The van der Waals surface area contributed by atoms with Crippen LogP contribution in [0.15, 0.2) is 18.2 Å². The van der Waals surface area contributed by atoms with Gasteiger partial charge in [-0.05, 0) is 31.0 Å². The maximum atomic E-state index is 13.4. The number of halogens is 2. The highest BCUT2D eigenvalue weighted by Gasteiger charge is 2.12. The summed E-state index contributed by atoms with van der Waals surface area (Å²) in [7, 11) is 0. The van der Waals surface area contributed by atoms with Crippen molar-refractivity contribution in [3.8, 4) is 0 Å². The Hall–Kier alpha value is -0.960. The monoisotopic (exact) mass is 239 g/mol. The van der Waals surface area contributed by atoms with Crippen LogP contribution in [-0.4, -0.2) is 6.04 Å². The maximum Gasteiger partial charge on any atom is 0.127 e. The van der Waals surface area contributed by atoms with Gasteiger partial charge < -0.3 is 5.32 Å². The lowest BCUT2D eigenvalue weighted by atomic mass is 10.1. The molecule has 1 aliphatic carbocycles. The number of benzene rings is 1. The number of hydrogen-bond donors (Lipinski definition) is 1. The second-order valence-electron chi connectivity index (χ2n) is 4.81. The highest BCUT2D eigenvalue weighted by molar-refractivity contribution is 5.18. The molecule has 1 nitrogen and oxygen atoms in total. The summed E-state index contributed by atoms with van der Waals surface area (Å²) in [6.07, 6.45) is 7.37. The molecule has 1 aliphatic rings. The fourth-order valence-electron chi connectivity index (χ4n) is 2.42. The van der Waals surface area contributed by atoms with Crippen LogP contribution in [0.5, 0.6) is 0 Å². The van der Waals surface area contributed by atoms with Gasteiger partial charge in [0.2, 0.25) is 0 Å². The summed E-state index contributed by atoms with van der Waals surface area (Å²) >= 11 is 0. The molecule has 0 bridgehead atoms. The van der Waals surface area contributed by atoms with Gasteiger partial charge in [0, 0.05) is 18.2 Å². The molecule has 1 N–H and O–H groups in total. The fraction of sp³-hybridized carbons (Fsp3) is 0.571. The first-order valence-corrected chi connectivity index (χ1v) is 6.43. The van der Waals surface area contributed by atoms with Crippen LogP contribution in [0, 0.1) is 11.6 Å². The van der Waals surface area contributed by atoms with Crippen LogP contribution in [0.2, 0.25) is 0 Å². The van der Waals surface area contributed by atoms with Crippen molar-refractivity contribution in [1.82, 2.24) is 5.32 Å². The zero-order valence-corrected chi connectivity index (χ0v) is 10.0. The van der Waals surface area contributed by atoms with E-state index in [4.69, 9.17) is 0 Å². The summed E-state index contributed by atoms with van der Waals surface area (Å²) in [4.78, 5) is 0. The first kappa shape index (κ1) is 12.5. The van der Waals surface area contributed by atoms with E-state index >= 15 is 0 Å². The molecule has 0 aliphatic heterocycles. The molecule has 1 fully saturated rings. The Balaban J connectivity index is 1.89. The normalized spacial score (nSPS) is 18.0. The lowest BCUT2D eigenvalue weighted by molar-refractivity contribution is 0.451. The third-order valence-electron chi connectivity index (χ3n) is 3.44. The SMILES string of the molecule is Fc1ccc(F)c(CNC2CCCCCC2)c1. The van der Waals surface area contributed by atoms with Gasteiger partial charge in [-0.3, -0.25) is 0 Å². The van der Waals surface area contributed by atoms with Gasteiger partial charge in [0.15, 0.2) is 0 Å². The third kappa shape index (κ3) is 3.77. The molecule has 0 saturated heterocycles. The summed E-state index contributed by atoms with van der Waals surface area (Å²) < 4.78 is 26.4. The first-order chi connectivity index (χ1) is 8.25. The maximum absolute atomic E-state index is 13.4. The molecule has 0 heterocycles. The van der Waals surface area contributed by atoms with Gasteiger partial charge in [-0.1, -0.05) is 25.7 Å². The topological polar surface area (TPSA) is 12.0 Å². The minimum atomic E-state index is -0.371. The van der Waals surface area contributed by atoms with Crippen molar-refractivity contribution in [3.05, 3.63) is 35.4 Å². The van der Waals surface area contributed by atoms with Gasteiger partial charge in [0.05, 0.1) is 0 Å². The lowest BCUT2D eigenvalue weighted by Crippen LogP contribution is -2.28. The highest BCUT2D eigenvalue weighted by Crippen LogP contribution is 2.18. The summed E-state index contributed by atoms with van der Waals surface area (Å²) in [5, 5.41) is 3.34. The molecule has 94 valence electrons. The Morgan fingerprint density at radius 3 is 2.47 bits per heavy atom. The van der Waals surface area contributed by atoms with E-state index in [2.05, 4.69) is 5.32 Å². The zero-order valence-electron chi connectivity index (χ0n) is 10.0. The quantitative estimate of drug-likeness (QED) is 0.791. The van der Waals surface area contributed by atoms with Crippen LogP contribution in [-0.2, 0) is 6.54 Å². The van der Waals surface area contributed by atoms with Crippen molar-refractivity contribution in [2.75, 3.05) is 0 Å². The molecular formula is C14H19F2N. The Labute approximate surface area is 101 Å². The van der Waals surface area contributed by atoms with Crippen molar-refractivity contribution in [3.63, 3.8) is 0 Å². The van der Waals surface area contributed by atoms with Crippen molar-refractivity contribution >= 4 is 0 Å². The predicted molar refractivity (Wildman–Crippen MR) is 64.7 cm³/mol. The van der Waals surface area contributed by atoms with E-state index in [1.807, 2.05) is 0 Å². The van der Waals surface area contributed by atoms with E-state index in [1.54, 1.807) is 0 Å². The van der Waals surface area contributed by atoms with E-state index in [0.717, 1.165) is 18.9 Å². The van der Waals surface area contributed by atoms with Crippen molar-refractivity contribution in [2.45, 2.75) is 51.1 Å². The van der Waals surface area contributed by atoms with Crippen LogP contribution in [0.1, 0.15) is 44.1 Å². The third-order valence-corrected chi connectivity index (χ3v) is 3.44. The van der Waals surface area contributed by atoms with Gasteiger partial charge in [-0.2, -0.15) is 0 Å². The van der Waals surface area contributed by atoms with Crippen molar-refractivity contribution in [1.29, 1.82) is 0 Å². The molecule has 0 unspecified atom stereocenters. The zero-order chi connectivity index (χ0) is 12.1. The molecule has 2 rings (SSSR count). The summed E-state index contributed by atoms with van der Waals surface area (Å²) in [5.74, 6) is -0.698. The minimum Gasteiger partial charge on any atom is -0.310 e. The fourth-order valence-corrected chi connectivity index (χ4v) is 2.42. The van der Waals surface area contributed by atoms with Crippen LogP contribution in [0.3, 0.4) is 0 Å². The van der Waals surface area contributed by atoms with E-state index in [1.165, 1.54) is 37.8 Å². The second kappa shape index (κ2) is 6.10. The van der Waals surface area contributed by atoms with E-state index in [9.17, 15) is 8.78 Å². The number of nitrogens with one attached hydrogen (secondary N) is 1. The largest absolute Gasteiger partial charge is 0.310 e. The standard InChI is InChI=1S/C14H19F2N/c15-12-7-8-14(16)11(9-12)10-17-13-5-3-1-2-4-6-13/h7-9,13,17H,1-6,10H2. The summed E-state index contributed by atoms with van der Waals surface area (Å²) in [5.41, 5.74) is 0.425. The molecule has 1 saturated carbocycles. The second-order valence-corrected chi connectivity index (χ2v) is 4.81. The van der Waals surface area contributed by atoms with Gasteiger partial charge in [0.25, 0.3) is 0 Å². The lowest BCUT2D eigenvalue weighted by Gasteiger charge is -2.16. The van der Waals surface area contributed by atoms with Gasteiger partial charge in [-0.15, -0.1) is 0 Å². The Bertz CT molecular complexity index is 357. The smallest absolute Gasteiger partial charge is 0.127 e. The average molecular weight is 239 g/mol.